The molecule has 2 aromatic carbocycles. The normalized spacial score (nSPS) is 11.5. The minimum absolute atomic E-state index is 0.0739. The van der Waals surface area contributed by atoms with E-state index in [1.165, 1.54) is 24.0 Å². The molecule has 0 atom stereocenters. The third-order valence-corrected chi connectivity index (χ3v) is 6.60. The molecule has 0 aliphatic rings. The van der Waals surface area contributed by atoms with E-state index < -0.39 is 10.0 Å². The molecule has 2 heterocycles. The van der Waals surface area contributed by atoms with Crippen molar-refractivity contribution in [3.05, 3.63) is 66.6 Å². The molecule has 0 spiro atoms. The quantitative estimate of drug-likeness (QED) is 0.456. The first kappa shape index (κ1) is 20.0. The molecule has 4 rings (SSSR count). The summed E-state index contributed by atoms with van der Waals surface area (Å²) >= 11 is 0.951. The predicted molar refractivity (Wildman–Crippen MR) is 117 cm³/mol. The van der Waals surface area contributed by atoms with Crippen LogP contribution in [0.2, 0.25) is 0 Å². The van der Waals surface area contributed by atoms with Crippen molar-refractivity contribution in [1.82, 2.24) is 13.9 Å². The number of sulfonamides is 1. The molecule has 2 aromatic heterocycles. The van der Waals surface area contributed by atoms with Crippen LogP contribution in [0.1, 0.15) is 12.0 Å². The number of rotatable bonds is 7. The summed E-state index contributed by atoms with van der Waals surface area (Å²) < 4.78 is 32.8. The van der Waals surface area contributed by atoms with Gasteiger partial charge in [0.05, 0.1) is 4.90 Å². The van der Waals surface area contributed by atoms with Gasteiger partial charge >= 0.3 is 0 Å². The van der Waals surface area contributed by atoms with Crippen LogP contribution in [0, 0.1) is 6.92 Å². The highest BCUT2D eigenvalue weighted by atomic mass is 32.2. The van der Waals surface area contributed by atoms with Crippen LogP contribution in [0.15, 0.2) is 66.0 Å². The smallest absolute Gasteiger partial charge is 0.263 e. The van der Waals surface area contributed by atoms with Crippen molar-refractivity contribution in [3.63, 3.8) is 0 Å². The van der Waals surface area contributed by atoms with E-state index in [-0.39, 0.29) is 15.9 Å². The highest BCUT2D eigenvalue weighted by molar-refractivity contribution is 7.93. The molecule has 4 aromatic rings. The number of amides is 1. The summed E-state index contributed by atoms with van der Waals surface area (Å²) in [6.07, 6.45) is 3.55. The summed E-state index contributed by atoms with van der Waals surface area (Å²) in [5.74, 6) is -0.147. The van der Waals surface area contributed by atoms with Crippen LogP contribution < -0.4 is 10.0 Å². The number of nitrogens with zero attached hydrogens (tertiary/aromatic N) is 3. The molecule has 0 saturated carbocycles. The van der Waals surface area contributed by atoms with E-state index in [9.17, 15) is 13.2 Å². The molecule has 0 bridgehead atoms. The van der Waals surface area contributed by atoms with Crippen LogP contribution in [0.4, 0.5) is 10.8 Å². The van der Waals surface area contributed by atoms with Crippen molar-refractivity contribution in [2.45, 2.75) is 24.8 Å². The van der Waals surface area contributed by atoms with Crippen molar-refractivity contribution < 1.29 is 13.2 Å². The molecular weight excluding hydrogens is 422 g/mol. The number of aryl methyl sites for hydroxylation is 2. The molecule has 1 amide bonds. The third kappa shape index (κ3) is 4.50. The van der Waals surface area contributed by atoms with Crippen LogP contribution in [-0.2, 0) is 21.4 Å². The minimum atomic E-state index is -3.75. The molecule has 2 N–H and O–H groups in total. The zero-order valence-electron chi connectivity index (χ0n) is 16.1. The Labute approximate surface area is 177 Å². The van der Waals surface area contributed by atoms with E-state index in [0.29, 0.717) is 18.7 Å². The van der Waals surface area contributed by atoms with E-state index in [4.69, 9.17) is 0 Å². The lowest BCUT2D eigenvalue weighted by Crippen LogP contribution is -2.15. The van der Waals surface area contributed by atoms with Crippen LogP contribution in [0.5, 0.6) is 0 Å². The first-order valence-electron chi connectivity index (χ1n) is 9.16. The van der Waals surface area contributed by atoms with Gasteiger partial charge in [-0.2, -0.15) is 4.37 Å². The topological polar surface area (TPSA) is 106 Å². The second kappa shape index (κ2) is 8.25. The number of carbonyl (C=O) groups excluding carboxylic acids is 1. The van der Waals surface area contributed by atoms with E-state index in [0.717, 1.165) is 22.4 Å². The van der Waals surface area contributed by atoms with Gasteiger partial charge in [0.1, 0.15) is 6.33 Å². The standard InChI is InChI=1S/C20H19N5O3S2/c1-14-2-7-18-15(12-14)8-10-25(18)11-9-19(26)23-16-3-5-17(6-4-16)30(27,28)24-20-21-13-22-29-20/h2-8,10,12-13H,9,11H2,1H3,(H,23,26)(H,21,22,24). The van der Waals surface area contributed by atoms with Crippen LogP contribution in [-0.4, -0.2) is 28.2 Å². The van der Waals surface area contributed by atoms with E-state index in [2.05, 4.69) is 31.5 Å². The fraction of sp³-hybridized carbons (Fsp3) is 0.150. The first-order chi connectivity index (χ1) is 14.4. The van der Waals surface area contributed by atoms with Gasteiger partial charge in [-0.3, -0.25) is 9.52 Å². The van der Waals surface area contributed by atoms with Gasteiger partial charge in [-0.05, 0) is 54.8 Å². The molecule has 0 saturated heterocycles. The Bertz CT molecular complexity index is 1280. The number of carbonyl (C=O) groups is 1. The van der Waals surface area contributed by atoms with Gasteiger partial charge in [0.2, 0.25) is 11.0 Å². The lowest BCUT2D eigenvalue weighted by molar-refractivity contribution is -0.116. The first-order valence-corrected chi connectivity index (χ1v) is 11.4. The Morgan fingerprint density at radius 3 is 2.67 bits per heavy atom. The van der Waals surface area contributed by atoms with Crippen molar-refractivity contribution in [1.29, 1.82) is 0 Å². The number of hydrogen-bond acceptors (Lipinski definition) is 6. The minimum Gasteiger partial charge on any atom is -0.347 e. The molecule has 0 fully saturated rings. The van der Waals surface area contributed by atoms with Crippen molar-refractivity contribution in [2.75, 3.05) is 10.0 Å². The predicted octanol–water partition coefficient (Wildman–Crippen LogP) is 3.63. The molecule has 0 aliphatic heterocycles. The third-order valence-electron chi connectivity index (χ3n) is 4.54. The summed E-state index contributed by atoms with van der Waals surface area (Å²) in [6.45, 7) is 2.60. The number of hydrogen-bond donors (Lipinski definition) is 2. The highest BCUT2D eigenvalue weighted by Gasteiger charge is 2.16. The molecule has 154 valence electrons. The van der Waals surface area contributed by atoms with Gasteiger partial charge in [-0.25, -0.2) is 13.4 Å². The van der Waals surface area contributed by atoms with Gasteiger partial charge < -0.3 is 9.88 Å². The zero-order valence-corrected chi connectivity index (χ0v) is 17.7. The molecule has 30 heavy (non-hydrogen) atoms. The Kier molecular flexibility index (Phi) is 5.51. The van der Waals surface area contributed by atoms with E-state index in [1.54, 1.807) is 12.1 Å². The lowest BCUT2D eigenvalue weighted by Gasteiger charge is -2.09. The van der Waals surface area contributed by atoms with Crippen LogP contribution in [0.3, 0.4) is 0 Å². The van der Waals surface area contributed by atoms with Crippen molar-refractivity contribution in [3.8, 4) is 0 Å². The van der Waals surface area contributed by atoms with Gasteiger partial charge in [0, 0.05) is 41.9 Å². The molecule has 0 unspecified atom stereocenters. The van der Waals surface area contributed by atoms with Gasteiger partial charge in [0.25, 0.3) is 10.0 Å². The second-order valence-corrected chi connectivity index (χ2v) is 9.21. The van der Waals surface area contributed by atoms with Crippen LogP contribution >= 0.6 is 11.5 Å². The summed E-state index contributed by atoms with van der Waals surface area (Å²) in [5.41, 5.74) is 2.82. The SMILES string of the molecule is Cc1ccc2c(ccn2CCC(=O)Nc2ccc(S(=O)(=O)Nc3ncns3)cc2)c1. The highest BCUT2D eigenvalue weighted by Crippen LogP contribution is 2.20. The Balaban J connectivity index is 1.36. The summed E-state index contributed by atoms with van der Waals surface area (Å²) in [7, 11) is -3.75. The maximum Gasteiger partial charge on any atom is 0.263 e. The maximum absolute atomic E-state index is 12.3. The van der Waals surface area contributed by atoms with Crippen molar-refractivity contribution in [2.24, 2.45) is 0 Å². The molecule has 8 nitrogen and oxygen atoms in total. The number of fused-ring (bicyclic) bond motifs is 1. The number of anilines is 2. The average Bonchev–Trinajstić information content (AvgIpc) is 3.36. The molecule has 10 heteroatoms. The average molecular weight is 442 g/mol. The monoisotopic (exact) mass is 441 g/mol. The fourth-order valence-electron chi connectivity index (χ4n) is 3.07. The fourth-order valence-corrected chi connectivity index (χ4v) is 4.73. The summed E-state index contributed by atoms with van der Waals surface area (Å²) in [6, 6.07) is 14.2. The molecule has 0 aliphatic carbocycles. The van der Waals surface area contributed by atoms with E-state index in [1.807, 2.05) is 29.8 Å². The Morgan fingerprint density at radius 1 is 1.13 bits per heavy atom. The van der Waals surface area contributed by atoms with Crippen LogP contribution in [0.25, 0.3) is 10.9 Å². The largest absolute Gasteiger partial charge is 0.347 e. The van der Waals surface area contributed by atoms with Gasteiger partial charge in [-0.1, -0.05) is 11.6 Å². The number of nitrogens with one attached hydrogen (secondary N) is 2. The molecule has 0 radical (unpaired) electrons. The molecular formula is C20H19N5O3S2. The van der Waals surface area contributed by atoms with Crippen molar-refractivity contribution >= 4 is 49.2 Å². The Hall–Kier alpha value is -3.24. The number of benzene rings is 2. The lowest BCUT2D eigenvalue weighted by atomic mass is 10.2. The zero-order chi connectivity index (χ0) is 21.1. The second-order valence-electron chi connectivity index (χ2n) is 6.75. The van der Waals surface area contributed by atoms with Gasteiger partial charge in [-0.15, -0.1) is 0 Å². The summed E-state index contributed by atoms with van der Waals surface area (Å²) in [4.78, 5) is 16.2. The summed E-state index contributed by atoms with van der Waals surface area (Å²) in [5, 5.41) is 4.14. The van der Waals surface area contributed by atoms with Gasteiger partial charge in [0.15, 0.2) is 0 Å². The number of aromatic nitrogens is 3. The maximum atomic E-state index is 12.3. The Morgan fingerprint density at radius 2 is 1.93 bits per heavy atom. The van der Waals surface area contributed by atoms with E-state index >= 15 is 0 Å².